The molecule has 0 aliphatic rings. The maximum Gasteiger partial charge on any atom is 0.234 e. The van der Waals surface area contributed by atoms with Crippen LogP contribution in [0.3, 0.4) is 0 Å². The van der Waals surface area contributed by atoms with Crippen molar-refractivity contribution in [1.29, 1.82) is 0 Å². The number of nitrogens with one attached hydrogen (secondary N) is 1. The molecule has 8 heteroatoms. The zero-order chi connectivity index (χ0) is 18.4. The van der Waals surface area contributed by atoms with Crippen molar-refractivity contribution in [1.82, 2.24) is 0 Å². The number of carboxylic acid groups (broad SMARTS) is 2. The van der Waals surface area contributed by atoms with Gasteiger partial charge in [0.25, 0.3) is 0 Å². The standard InChI is InChI=1S/C17H14ClNO5S/c18-14-4-2-1-3-10(14)8-25-9-15(20)19-13-6-11(16(21)22)5-12(7-13)17(23)24/h1-7H,8-9H2,(H,19,20)(H,21,22)(H,23,24)/p-2. The lowest BCUT2D eigenvalue weighted by Crippen LogP contribution is -2.26. The number of aromatic carboxylic acids is 2. The Bertz CT molecular complexity index is 792. The summed E-state index contributed by atoms with van der Waals surface area (Å²) < 4.78 is 0. The molecule has 0 radical (unpaired) electrons. The summed E-state index contributed by atoms with van der Waals surface area (Å²) in [7, 11) is 0. The molecule has 0 heterocycles. The molecule has 0 saturated carbocycles. The highest BCUT2D eigenvalue weighted by molar-refractivity contribution is 7.99. The topological polar surface area (TPSA) is 109 Å². The molecule has 25 heavy (non-hydrogen) atoms. The number of anilines is 1. The van der Waals surface area contributed by atoms with Gasteiger partial charge in [0.2, 0.25) is 5.91 Å². The van der Waals surface area contributed by atoms with E-state index in [0.717, 1.165) is 23.8 Å². The van der Waals surface area contributed by atoms with Gasteiger partial charge < -0.3 is 25.1 Å². The summed E-state index contributed by atoms with van der Waals surface area (Å²) in [6, 6.07) is 10.4. The number of carbonyl (C=O) groups is 3. The monoisotopic (exact) mass is 377 g/mol. The van der Waals surface area contributed by atoms with E-state index in [2.05, 4.69) is 5.32 Å². The highest BCUT2D eigenvalue weighted by Gasteiger charge is 2.08. The summed E-state index contributed by atoms with van der Waals surface area (Å²) >= 11 is 7.34. The molecule has 0 bridgehead atoms. The van der Waals surface area contributed by atoms with E-state index < -0.39 is 17.8 Å². The van der Waals surface area contributed by atoms with Crippen LogP contribution < -0.4 is 15.5 Å². The van der Waals surface area contributed by atoms with Gasteiger partial charge in [-0.2, -0.15) is 0 Å². The number of rotatable bonds is 7. The van der Waals surface area contributed by atoms with Crippen molar-refractivity contribution in [3.8, 4) is 0 Å². The second kappa shape index (κ2) is 8.55. The minimum atomic E-state index is -1.55. The van der Waals surface area contributed by atoms with Crippen molar-refractivity contribution >= 4 is 46.9 Å². The third-order valence-electron chi connectivity index (χ3n) is 3.14. The average molecular weight is 378 g/mol. The molecule has 0 aliphatic heterocycles. The Balaban J connectivity index is 1.99. The van der Waals surface area contributed by atoms with Gasteiger partial charge in [-0.1, -0.05) is 29.8 Å². The molecule has 0 atom stereocenters. The summed E-state index contributed by atoms with van der Waals surface area (Å²) in [5.74, 6) is -2.90. The quantitative estimate of drug-likeness (QED) is 0.769. The van der Waals surface area contributed by atoms with E-state index >= 15 is 0 Å². The molecule has 2 rings (SSSR count). The van der Waals surface area contributed by atoms with Crippen LogP contribution in [-0.4, -0.2) is 23.6 Å². The lowest BCUT2D eigenvalue weighted by molar-refractivity contribution is -0.255. The molecule has 1 N–H and O–H groups in total. The number of thioether (sulfide) groups is 1. The van der Waals surface area contributed by atoms with Gasteiger partial charge in [-0.25, -0.2) is 0 Å². The van der Waals surface area contributed by atoms with Gasteiger partial charge in [0, 0.05) is 16.5 Å². The molecule has 0 unspecified atom stereocenters. The van der Waals surface area contributed by atoms with Crippen LogP contribution >= 0.6 is 23.4 Å². The predicted molar refractivity (Wildman–Crippen MR) is 91.3 cm³/mol. The molecule has 130 valence electrons. The normalized spacial score (nSPS) is 10.3. The first kappa shape index (κ1) is 18.8. The molecule has 6 nitrogen and oxygen atoms in total. The predicted octanol–water partition coefficient (Wildman–Crippen LogP) is 0.939. The highest BCUT2D eigenvalue weighted by Crippen LogP contribution is 2.21. The van der Waals surface area contributed by atoms with Crippen LogP contribution in [0, 0.1) is 0 Å². The van der Waals surface area contributed by atoms with Gasteiger partial charge in [0.1, 0.15) is 0 Å². The number of carboxylic acids is 2. The lowest BCUT2D eigenvalue weighted by atomic mass is 10.1. The van der Waals surface area contributed by atoms with Crippen molar-refractivity contribution in [2.45, 2.75) is 5.75 Å². The third kappa shape index (κ3) is 5.51. The van der Waals surface area contributed by atoms with Crippen molar-refractivity contribution in [3.05, 3.63) is 64.2 Å². The second-order valence-electron chi connectivity index (χ2n) is 5.01. The number of hydrogen-bond acceptors (Lipinski definition) is 6. The van der Waals surface area contributed by atoms with E-state index in [4.69, 9.17) is 11.6 Å². The fourth-order valence-corrected chi connectivity index (χ4v) is 3.11. The fraction of sp³-hybridized carbons (Fsp3) is 0.118. The summed E-state index contributed by atoms with van der Waals surface area (Å²) in [4.78, 5) is 33.8. The molecular formula is C17H12ClNO5S-2. The number of amides is 1. The largest absolute Gasteiger partial charge is 0.545 e. The summed E-state index contributed by atoms with van der Waals surface area (Å²) in [5, 5.41) is 24.9. The minimum absolute atomic E-state index is 0.0456. The number of carbonyl (C=O) groups excluding carboxylic acids is 3. The van der Waals surface area contributed by atoms with E-state index in [9.17, 15) is 24.6 Å². The Kier molecular flexibility index (Phi) is 6.44. The summed E-state index contributed by atoms with van der Waals surface area (Å²) in [6.45, 7) is 0. The molecule has 1 amide bonds. The molecule has 0 aromatic heterocycles. The maximum atomic E-state index is 12.0. The highest BCUT2D eigenvalue weighted by atomic mass is 35.5. The SMILES string of the molecule is O=C(CSCc1ccccc1Cl)Nc1cc(C(=O)[O-])cc(C(=O)[O-])c1. The van der Waals surface area contributed by atoms with Crippen molar-refractivity contribution in [2.75, 3.05) is 11.1 Å². The van der Waals surface area contributed by atoms with Crippen LogP contribution in [0.4, 0.5) is 5.69 Å². The van der Waals surface area contributed by atoms with Crippen LogP contribution in [0.15, 0.2) is 42.5 Å². The maximum absolute atomic E-state index is 12.0. The van der Waals surface area contributed by atoms with Gasteiger partial charge in [-0.3, -0.25) is 4.79 Å². The minimum Gasteiger partial charge on any atom is -0.545 e. The number of halogens is 1. The molecule has 0 aliphatic carbocycles. The first-order valence-electron chi connectivity index (χ1n) is 7.05. The first-order chi connectivity index (χ1) is 11.9. The van der Waals surface area contributed by atoms with E-state index in [0.29, 0.717) is 10.8 Å². The zero-order valence-corrected chi connectivity index (χ0v) is 14.4. The van der Waals surface area contributed by atoms with Crippen molar-refractivity contribution in [3.63, 3.8) is 0 Å². The Morgan fingerprint density at radius 2 is 1.60 bits per heavy atom. The molecular weight excluding hydrogens is 366 g/mol. The zero-order valence-electron chi connectivity index (χ0n) is 12.8. The van der Waals surface area contributed by atoms with Crippen LogP contribution in [0.1, 0.15) is 26.3 Å². The summed E-state index contributed by atoms with van der Waals surface area (Å²) in [5.41, 5.74) is 0.214. The fourth-order valence-electron chi connectivity index (χ4n) is 2.00. The van der Waals surface area contributed by atoms with Gasteiger partial charge in [-0.05, 0) is 41.0 Å². The van der Waals surface area contributed by atoms with Crippen molar-refractivity contribution < 1.29 is 24.6 Å². The Morgan fingerprint density at radius 3 is 2.16 bits per heavy atom. The van der Waals surface area contributed by atoms with E-state index in [1.54, 1.807) is 6.07 Å². The molecule has 0 fully saturated rings. The molecule has 0 spiro atoms. The lowest BCUT2D eigenvalue weighted by Gasteiger charge is -2.12. The van der Waals surface area contributed by atoms with Crippen LogP contribution in [0.5, 0.6) is 0 Å². The van der Waals surface area contributed by atoms with Gasteiger partial charge in [0.15, 0.2) is 0 Å². The molecule has 0 saturated heterocycles. The van der Waals surface area contributed by atoms with E-state index in [1.807, 2.05) is 18.2 Å². The second-order valence-corrected chi connectivity index (χ2v) is 6.40. The van der Waals surface area contributed by atoms with Gasteiger partial charge in [-0.15, -0.1) is 11.8 Å². The molecule has 2 aromatic rings. The summed E-state index contributed by atoms with van der Waals surface area (Å²) in [6.07, 6.45) is 0. The van der Waals surface area contributed by atoms with Crippen LogP contribution in [0.25, 0.3) is 0 Å². The van der Waals surface area contributed by atoms with Crippen LogP contribution in [-0.2, 0) is 10.5 Å². The number of hydrogen-bond donors (Lipinski definition) is 1. The van der Waals surface area contributed by atoms with Gasteiger partial charge in [0.05, 0.1) is 17.7 Å². The Morgan fingerprint density at radius 1 is 1.00 bits per heavy atom. The van der Waals surface area contributed by atoms with Gasteiger partial charge >= 0.3 is 0 Å². The van der Waals surface area contributed by atoms with E-state index in [1.165, 1.54) is 11.8 Å². The van der Waals surface area contributed by atoms with Crippen LogP contribution in [0.2, 0.25) is 5.02 Å². The third-order valence-corrected chi connectivity index (χ3v) is 4.49. The Hall–Kier alpha value is -2.51. The molecule has 2 aromatic carbocycles. The smallest absolute Gasteiger partial charge is 0.234 e. The Labute approximate surface area is 152 Å². The first-order valence-corrected chi connectivity index (χ1v) is 8.59. The van der Waals surface area contributed by atoms with Crippen molar-refractivity contribution in [2.24, 2.45) is 0 Å². The average Bonchev–Trinajstić information content (AvgIpc) is 2.56. The number of benzene rings is 2. The van der Waals surface area contributed by atoms with E-state index in [-0.39, 0.29) is 22.6 Å².